The molecule has 118 valence electrons. The molecule has 0 amide bonds. The Morgan fingerprint density at radius 1 is 1.08 bits per heavy atom. The molecule has 1 aromatic carbocycles. The molecule has 0 atom stereocenters. The number of nitrogens with zero attached hydrogens (tertiary/aromatic N) is 5. The maximum atomic E-state index is 4.66. The number of aromatic amines is 1. The van der Waals surface area contributed by atoms with Crippen molar-refractivity contribution in [2.45, 2.75) is 17.8 Å². The Labute approximate surface area is 141 Å². The molecule has 6 nitrogen and oxygen atoms in total. The molecule has 5 aromatic rings. The lowest BCUT2D eigenvalue weighted by Crippen LogP contribution is -1.87. The van der Waals surface area contributed by atoms with Crippen molar-refractivity contribution in [3.05, 3.63) is 60.0 Å². The molecule has 0 radical (unpaired) electrons. The van der Waals surface area contributed by atoms with Gasteiger partial charge in [-0.05, 0) is 30.7 Å². The number of thioether (sulfide) groups is 1. The first-order valence-electron chi connectivity index (χ1n) is 7.66. The molecule has 24 heavy (non-hydrogen) atoms. The van der Waals surface area contributed by atoms with Crippen LogP contribution in [0.2, 0.25) is 0 Å². The number of hydrogen-bond acceptors (Lipinski definition) is 4. The van der Waals surface area contributed by atoms with Crippen molar-refractivity contribution in [3.8, 4) is 0 Å². The Bertz CT molecular complexity index is 1180. The van der Waals surface area contributed by atoms with Crippen LogP contribution in [0.15, 0.2) is 53.9 Å². The molecule has 0 unspecified atom stereocenters. The monoisotopic (exact) mass is 334 g/mol. The van der Waals surface area contributed by atoms with Gasteiger partial charge >= 0.3 is 0 Å². The third-order valence-corrected chi connectivity index (χ3v) is 4.97. The number of aromatic nitrogens is 6. The molecule has 7 heteroatoms. The second-order valence-corrected chi connectivity index (χ2v) is 6.70. The zero-order chi connectivity index (χ0) is 16.1. The largest absolute Gasteiger partial charge is 0.307 e. The predicted molar refractivity (Wildman–Crippen MR) is 94.3 cm³/mol. The van der Waals surface area contributed by atoms with Gasteiger partial charge in [0.25, 0.3) is 0 Å². The lowest BCUT2D eigenvalue weighted by atomic mass is 10.3. The zero-order valence-corrected chi connectivity index (χ0v) is 13.8. The van der Waals surface area contributed by atoms with Gasteiger partial charge in [-0.1, -0.05) is 30.0 Å². The van der Waals surface area contributed by atoms with E-state index in [1.807, 2.05) is 24.3 Å². The number of imidazole rings is 2. The normalized spacial score (nSPS) is 11.9. The van der Waals surface area contributed by atoms with Gasteiger partial charge in [-0.3, -0.25) is 4.40 Å². The molecule has 4 aromatic heterocycles. The Morgan fingerprint density at radius 2 is 2.00 bits per heavy atom. The van der Waals surface area contributed by atoms with Gasteiger partial charge < -0.3 is 4.40 Å². The summed E-state index contributed by atoms with van der Waals surface area (Å²) in [4.78, 5) is 9.21. The second kappa shape index (κ2) is 5.10. The summed E-state index contributed by atoms with van der Waals surface area (Å²) in [5.41, 5.74) is 5.26. The van der Waals surface area contributed by atoms with E-state index in [1.165, 1.54) is 5.56 Å². The molecule has 0 aliphatic carbocycles. The molecule has 1 N–H and O–H groups in total. The van der Waals surface area contributed by atoms with Crippen LogP contribution in [0.25, 0.3) is 22.5 Å². The maximum Gasteiger partial charge on any atom is 0.231 e. The first-order valence-corrected chi connectivity index (χ1v) is 8.65. The number of pyridine rings is 1. The van der Waals surface area contributed by atoms with E-state index in [0.717, 1.165) is 39.1 Å². The Hall–Kier alpha value is -2.80. The molecular formula is C17H14N6S. The highest BCUT2D eigenvalue weighted by atomic mass is 32.2. The van der Waals surface area contributed by atoms with Gasteiger partial charge in [-0.25, -0.2) is 15.1 Å². The van der Waals surface area contributed by atoms with Crippen LogP contribution >= 0.6 is 11.8 Å². The summed E-state index contributed by atoms with van der Waals surface area (Å²) in [5, 5.41) is 8.29. The van der Waals surface area contributed by atoms with Crippen LogP contribution in [-0.4, -0.2) is 29.0 Å². The molecule has 0 saturated carbocycles. The molecule has 0 fully saturated rings. The maximum absolute atomic E-state index is 4.66. The van der Waals surface area contributed by atoms with Gasteiger partial charge in [0.15, 0.2) is 5.16 Å². The van der Waals surface area contributed by atoms with Gasteiger partial charge in [0.1, 0.15) is 5.65 Å². The van der Waals surface area contributed by atoms with Crippen LogP contribution in [0.4, 0.5) is 0 Å². The third kappa shape index (κ3) is 2.09. The summed E-state index contributed by atoms with van der Waals surface area (Å²) < 4.78 is 4.12. The number of para-hydroxylation sites is 2. The lowest BCUT2D eigenvalue weighted by molar-refractivity contribution is 0.939. The SMILES string of the molecule is Cc1ccc2nc(CSc3n[nH]c4nc5ccccc5n34)cn2c1. The van der Waals surface area contributed by atoms with E-state index in [4.69, 9.17) is 0 Å². The summed E-state index contributed by atoms with van der Waals surface area (Å²) >= 11 is 1.65. The highest BCUT2D eigenvalue weighted by Crippen LogP contribution is 2.25. The summed E-state index contributed by atoms with van der Waals surface area (Å²) in [6.45, 7) is 2.08. The standard InChI is InChI=1S/C17H14N6S/c1-11-6-7-15-18-12(9-22(15)8-11)10-24-17-21-20-16-19-13-4-2-3-5-14(13)23(16)17/h2-9H,10H2,1H3,(H,19,20). The minimum absolute atomic E-state index is 0.757. The van der Waals surface area contributed by atoms with Crippen molar-refractivity contribution < 1.29 is 0 Å². The van der Waals surface area contributed by atoms with Crippen molar-refractivity contribution in [1.29, 1.82) is 0 Å². The van der Waals surface area contributed by atoms with Crippen LogP contribution in [0.5, 0.6) is 0 Å². The number of nitrogens with one attached hydrogen (secondary N) is 1. The number of aryl methyl sites for hydroxylation is 1. The average Bonchev–Trinajstić information content (AvgIpc) is 3.25. The summed E-state index contributed by atoms with van der Waals surface area (Å²) in [6.07, 6.45) is 4.16. The highest BCUT2D eigenvalue weighted by molar-refractivity contribution is 7.98. The van der Waals surface area contributed by atoms with Crippen LogP contribution in [-0.2, 0) is 5.75 Å². The first-order chi connectivity index (χ1) is 11.8. The van der Waals surface area contributed by atoms with Crippen LogP contribution < -0.4 is 0 Å². The van der Waals surface area contributed by atoms with Gasteiger partial charge in [-0.2, -0.15) is 0 Å². The fraction of sp³-hybridized carbons (Fsp3) is 0.118. The highest BCUT2D eigenvalue weighted by Gasteiger charge is 2.12. The van der Waals surface area contributed by atoms with E-state index in [1.54, 1.807) is 11.8 Å². The van der Waals surface area contributed by atoms with E-state index in [0.29, 0.717) is 0 Å². The van der Waals surface area contributed by atoms with E-state index < -0.39 is 0 Å². The fourth-order valence-electron chi connectivity index (χ4n) is 2.90. The first kappa shape index (κ1) is 13.6. The molecule has 0 aliphatic heterocycles. The summed E-state index contributed by atoms with van der Waals surface area (Å²) in [7, 11) is 0. The van der Waals surface area contributed by atoms with Crippen LogP contribution in [0.1, 0.15) is 11.3 Å². The van der Waals surface area contributed by atoms with Crippen LogP contribution in [0, 0.1) is 6.92 Å². The second-order valence-electron chi connectivity index (χ2n) is 5.76. The fourth-order valence-corrected chi connectivity index (χ4v) is 3.74. The van der Waals surface area contributed by atoms with Crippen molar-refractivity contribution in [2.24, 2.45) is 0 Å². The lowest BCUT2D eigenvalue weighted by Gasteiger charge is -1.97. The summed E-state index contributed by atoms with van der Waals surface area (Å²) in [5.74, 6) is 1.53. The number of rotatable bonds is 3. The Morgan fingerprint density at radius 3 is 2.96 bits per heavy atom. The Kier molecular flexibility index (Phi) is 2.90. The molecule has 4 heterocycles. The zero-order valence-electron chi connectivity index (χ0n) is 13.0. The van der Waals surface area contributed by atoms with E-state index >= 15 is 0 Å². The molecule has 0 bridgehead atoms. The molecule has 5 rings (SSSR count). The minimum Gasteiger partial charge on any atom is -0.307 e. The number of benzene rings is 1. The van der Waals surface area contributed by atoms with E-state index in [9.17, 15) is 0 Å². The van der Waals surface area contributed by atoms with Gasteiger partial charge in [0.05, 0.1) is 16.7 Å². The smallest absolute Gasteiger partial charge is 0.231 e. The van der Waals surface area contributed by atoms with E-state index in [2.05, 4.69) is 60.4 Å². The number of fused-ring (bicyclic) bond motifs is 4. The predicted octanol–water partition coefficient (Wildman–Crippen LogP) is 3.46. The summed E-state index contributed by atoms with van der Waals surface area (Å²) in [6, 6.07) is 12.2. The van der Waals surface area contributed by atoms with Gasteiger partial charge in [0, 0.05) is 18.1 Å². The average molecular weight is 334 g/mol. The number of hydrogen-bond donors (Lipinski definition) is 1. The van der Waals surface area contributed by atoms with E-state index in [-0.39, 0.29) is 0 Å². The quantitative estimate of drug-likeness (QED) is 0.513. The van der Waals surface area contributed by atoms with Crippen LogP contribution in [0.3, 0.4) is 0 Å². The minimum atomic E-state index is 0.757. The molecule has 0 aliphatic rings. The van der Waals surface area contributed by atoms with Gasteiger partial charge in [-0.15, -0.1) is 5.10 Å². The van der Waals surface area contributed by atoms with Crippen molar-refractivity contribution >= 4 is 34.2 Å². The third-order valence-electron chi connectivity index (χ3n) is 4.00. The van der Waals surface area contributed by atoms with Crippen molar-refractivity contribution in [1.82, 2.24) is 29.0 Å². The van der Waals surface area contributed by atoms with Crippen molar-refractivity contribution in [3.63, 3.8) is 0 Å². The Balaban J connectivity index is 1.49. The molecule has 0 saturated heterocycles. The molecule has 0 spiro atoms. The van der Waals surface area contributed by atoms with Gasteiger partial charge in [0.2, 0.25) is 5.78 Å². The topological polar surface area (TPSA) is 63.3 Å². The van der Waals surface area contributed by atoms with Crippen molar-refractivity contribution in [2.75, 3.05) is 0 Å². The number of H-pyrrole nitrogens is 1. The molecular weight excluding hydrogens is 320 g/mol.